The van der Waals surface area contributed by atoms with Crippen LogP contribution in [0.25, 0.3) is 0 Å². The van der Waals surface area contributed by atoms with Gasteiger partial charge in [-0.1, -0.05) is 13.3 Å². The molecule has 0 rings (SSSR count). The largest absolute Gasteiger partial charge is 0.376 e. The van der Waals surface area contributed by atoms with Crippen LogP contribution in [0.1, 0.15) is 19.8 Å². The van der Waals surface area contributed by atoms with Gasteiger partial charge in [0, 0.05) is 28.4 Å². The predicted octanol–water partition coefficient (Wildman–Crippen LogP) is 0.00820. The first kappa shape index (κ1) is 15.8. The summed E-state index contributed by atoms with van der Waals surface area (Å²) in [7, 11) is 5.86. The number of ether oxygens (including phenoxy) is 4. The molecule has 4 N–H and O–H groups in total. The van der Waals surface area contributed by atoms with E-state index in [0.29, 0.717) is 6.42 Å². The van der Waals surface area contributed by atoms with Crippen LogP contribution in [0.2, 0.25) is 0 Å². The molecule has 0 fully saturated rings. The third kappa shape index (κ3) is 2.71. The summed E-state index contributed by atoms with van der Waals surface area (Å²) in [6.07, 6.45) is 1.16. The van der Waals surface area contributed by atoms with Gasteiger partial charge in [0.05, 0.1) is 0 Å². The van der Waals surface area contributed by atoms with Gasteiger partial charge in [-0.2, -0.15) is 0 Å². The van der Waals surface area contributed by atoms with Crippen LogP contribution in [-0.2, 0) is 18.9 Å². The van der Waals surface area contributed by atoms with Gasteiger partial charge in [0.1, 0.15) is 6.10 Å². The van der Waals surface area contributed by atoms with Gasteiger partial charge in [-0.15, -0.1) is 0 Å². The Labute approximate surface area is 97.2 Å². The molecule has 0 saturated carbocycles. The number of hydrogen-bond donors (Lipinski definition) is 2. The van der Waals surface area contributed by atoms with Crippen LogP contribution in [0, 0.1) is 0 Å². The molecule has 0 heterocycles. The summed E-state index contributed by atoms with van der Waals surface area (Å²) in [5.74, 6) is -2.93. The second kappa shape index (κ2) is 6.48. The van der Waals surface area contributed by atoms with E-state index in [-0.39, 0.29) is 0 Å². The van der Waals surface area contributed by atoms with Crippen molar-refractivity contribution < 1.29 is 18.9 Å². The maximum Gasteiger partial charge on any atom is 0.253 e. The summed E-state index contributed by atoms with van der Waals surface area (Å²) in [6.45, 7) is 2.02. The third-order valence-corrected chi connectivity index (χ3v) is 2.75. The van der Waals surface area contributed by atoms with E-state index in [9.17, 15) is 0 Å². The molecule has 6 heteroatoms. The molecule has 0 aliphatic carbocycles. The van der Waals surface area contributed by atoms with Gasteiger partial charge in [-0.25, -0.2) is 0 Å². The minimum atomic E-state index is -1.59. The maximum atomic E-state index is 5.85. The molecular weight excluding hydrogens is 212 g/mol. The van der Waals surface area contributed by atoms with Crippen LogP contribution >= 0.6 is 0 Å². The Kier molecular flexibility index (Phi) is 6.39. The predicted molar refractivity (Wildman–Crippen MR) is 60.6 cm³/mol. The second-order valence-corrected chi connectivity index (χ2v) is 3.59. The number of rotatable bonds is 8. The van der Waals surface area contributed by atoms with Crippen LogP contribution in [0.5, 0.6) is 0 Å². The highest BCUT2D eigenvalue weighted by molar-refractivity contribution is 4.93. The Morgan fingerprint density at radius 1 is 1.00 bits per heavy atom. The first-order valence-electron chi connectivity index (χ1n) is 5.21. The van der Waals surface area contributed by atoms with Crippen LogP contribution in [0.4, 0.5) is 0 Å². The zero-order chi connectivity index (χ0) is 12.8. The van der Waals surface area contributed by atoms with Crippen LogP contribution in [0.3, 0.4) is 0 Å². The van der Waals surface area contributed by atoms with Gasteiger partial charge in [0.2, 0.25) is 5.85 Å². The summed E-state index contributed by atoms with van der Waals surface area (Å²) in [6, 6.07) is 0. The Morgan fingerprint density at radius 2 is 1.50 bits per heavy atom. The molecule has 0 aromatic carbocycles. The van der Waals surface area contributed by atoms with Crippen molar-refractivity contribution in [2.24, 2.45) is 11.5 Å². The zero-order valence-corrected chi connectivity index (χ0v) is 10.8. The van der Waals surface area contributed by atoms with Gasteiger partial charge >= 0.3 is 0 Å². The van der Waals surface area contributed by atoms with Crippen molar-refractivity contribution in [1.29, 1.82) is 0 Å². The van der Waals surface area contributed by atoms with E-state index in [1.54, 1.807) is 7.11 Å². The van der Waals surface area contributed by atoms with Gasteiger partial charge in [-0.05, 0) is 6.42 Å². The Morgan fingerprint density at radius 3 is 1.75 bits per heavy atom. The van der Waals surface area contributed by atoms with Gasteiger partial charge < -0.3 is 18.9 Å². The van der Waals surface area contributed by atoms with E-state index >= 15 is 0 Å². The van der Waals surface area contributed by atoms with E-state index in [4.69, 9.17) is 30.4 Å². The minimum absolute atomic E-state index is 0.414. The molecule has 1 atom stereocenters. The van der Waals surface area contributed by atoms with E-state index < -0.39 is 17.7 Å². The molecular formula is C10H24N2O4. The molecule has 1 unspecified atom stereocenters. The fourth-order valence-electron chi connectivity index (χ4n) is 1.78. The van der Waals surface area contributed by atoms with Crippen molar-refractivity contribution in [1.82, 2.24) is 0 Å². The molecule has 0 saturated heterocycles. The summed E-state index contributed by atoms with van der Waals surface area (Å²) in [5, 5.41) is 0. The number of methoxy groups -OCH3 is 4. The quantitative estimate of drug-likeness (QED) is 0.577. The normalized spacial score (nSPS) is 15.2. The lowest BCUT2D eigenvalue weighted by Gasteiger charge is -2.45. The molecule has 0 bridgehead atoms. The van der Waals surface area contributed by atoms with Gasteiger partial charge in [-0.3, -0.25) is 11.5 Å². The highest BCUT2D eigenvalue weighted by Crippen LogP contribution is 2.30. The molecule has 0 aromatic rings. The smallest absolute Gasteiger partial charge is 0.253 e. The summed E-state index contributed by atoms with van der Waals surface area (Å²) < 4.78 is 21.0. The number of hydrogen-bond acceptors (Lipinski definition) is 6. The minimum Gasteiger partial charge on any atom is -0.376 e. The Balaban J connectivity index is 5.20. The summed E-state index contributed by atoms with van der Waals surface area (Å²) >= 11 is 0. The first-order chi connectivity index (χ1) is 7.45. The molecule has 0 aromatic heterocycles. The Bertz CT molecular complexity index is 195. The molecule has 0 radical (unpaired) electrons. The monoisotopic (exact) mass is 236 g/mol. The topological polar surface area (TPSA) is 89.0 Å². The van der Waals surface area contributed by atoms with Crippen molar-refractivity contribution in [2.45, 2.75) is 37.5 Å². The van der Waals surface area contributed by atoms with Gasteiger partial charge in [0.25, 0.3) is 5.79 Å². The lowest BCUT2D eigenvalue weighted by Crippen LogP contribution is -2.74. The zero-order valence-electron chi connectivity index (χ0n) is 10.8. The molecule has 16 heavy (non-hydrogen) atoms. The number of nitrogens with two attached hydrogens (primary N) is 2. The average Bonchev–Trinajstić information content (AvgIpc) is 2.29. The Hall–Kier alpha value is -0.240. The average molecular weight is 236 g/mol. The van der Waals surface area contributed by atoms with Crippen molar-refractivity contribution >= 4 is 0 Å². The molecule has 6 nitrogen and oxygen atoms in total. The van der Waals surface area contributed by atoms with Crippen LogP contribution < -0.4 is 11.5 Å². The highest BCUT2D eigenvalue weighted by Gasteiger charge is 2.54. The van der Waals surface area contributed by atoms with Crippen LogP contribution in [-0.4, -0.2) is 46.2 Å². The SMILES string of the molecule is CCCC(OC)C(OC)(OC)C(N)(N)OC. The fraction of sp³-hybridized carbons (Fsp3) is 1.00. The molecule has 0 amide bonds. The standard InChI is InChI=1S/C10H24N2O4/c1-6-7-8(13-2)9(14-3,15-4)10(11,12)16-5/h8H,6-7,11-12H2,1-5H3. The third-order valence-electron chi connectivity index (χ3n) is 2.75. The van der Waals surface area contributed by atoms with E-state index in [2.05, 4.69) is 0 Å². The molecule has 0 aliphatic heterocycles. The first-order valence-corrected chi connectivity index (χ1v) is 5.21. The summed E-state index contributed by atoms with van der Waals surface area (Å²) in [5.41, 5.74) is 11.7. The lowest BCUT2D eigenvalue weighted by molar-refractivity contribution is -0.346. The lowest BCUT2D eigenvalue weighted by atomic mass is 9.99. The molecule has 0 aliphatic rings. The maximum absolute atomic E-state index is 5.85. The van der Waals surface area contributed by atoms with E-state index in [1.807, 2.05) is 6.92 Å². The fourth-order valence-corrected chi connectivity index (χ4v) is 1.78. The second-order valence-electron chi connectivity index (χ2n) is 3.59. The summed E-state index contributed by atoms with van der Waals surface area (Å²) in [4.78, 5) is 0. The van der Waals surface area contributed by atoms with E-state index in [0.717, 1.165) is 6.42 Å². The van der Waals surface area contributed by atoms with Crippen molar-refractivity contribution in [3.05, 3.63) is 0 Å². The van der Waals surface area contributed by atoms with Crippen molar-refractivity contribution in [3.63, 3.8) is 0 Å². The van der Waals surface area contributed by atoms with Crippen molar-refractivity contribution in [2.75, 3.05) is 28.4 Å². The van der Waals surface area contributed by atoms with Crippen molar-refractivity contribution in [3.8, 4) is 0 Å². The van der Waals surface area contributed by atoms with E-state index in [1.165, 1.54) is 21.3 Å². The molecule has 98 valence electrons. The highest BCUT2D eigenvalue weighted by atomic mass is 16.7. The van der Waals surface area contributed by atoms with Crippen LogP contribution in [0.15, 0.2) is 0 Å². The van der Waals surface area contributed by atoms with Gasteiger partial charge in [0.15, 0.2) is 0 Å². The molecule has 0 spiro atoms.